The lowest BCUT2D eigenvalue weighted by atomic mass is 10.0. The Labute approximate surface area is 201 Å². The number of pyridine rings is 3. The molecule has 4 aromatic heterocycles. The fourth-order valence-electron chi connectivity index (χ4n) is 4.52. The molecule has 0 bridgehead atoms. The largest absolute Gasteiger partial charge is 0.492 e. The molecule has 5 heterocycles. The molecular weight excluding hydrogens is 445 g/mol. The maximum absolute atomic E-state index is 15.2. The number of hydrogen-bond donors (Lipinski definition) is 1. The predicted octanol–water partition coefficient (Wildman–Crippen LogP) is 4.69. The Kier molecular flexibility index (Phi) is 5.81. The second kappa shape index (κ2) is 9.40. The van der Waals surface area contributed by atoms with Gasteiger partial charge in [0.2, 0.25) is 0 Å². The molecule has 1 aliphatic rings. The number of nitrogens with one attached hydrogen (secondary N) is 1. The van der Waals surface area contributed by atoms with E-state index in [1.54, 1.807) is 18.6 Å². The van der Waals surface area contributed by atoms with E-state index in [2.05, 4.69) is 24.8 Å². The minimum absolute atomic E-state index is 0.376. The zero-order valence-electron chi connectivity index (χ0n) is 19.1. The lowest BCUT2D eigenvalue weighted by Gasteiger charge is -2.26. The number of halogens is 1. The number of ether oxygens (including phenoxy) is 2. The summed E-state index contributed by atoms with van der Waals surface area (Å²) in [6, 6.07) is 13.3. The summed E-state index contributed by atoms with van der Waals surface area (Å²) >= 11 is 0. The van der Waals surface area contributed by atoms with Gasteiger partial charge < -0.3 is 14.5 Å². The number of hydrogen-bond acceptors (Lipinski definition) is 6. The van der Waals surface area contributed by atoms with Gasteiger partial charge in [-0.1, -0.05) is 12.1 Å². The van der Waals surface area contributed by atoms with Crippen LogP contribution in [0.5, 0.6) is 5.75 Å². The second-order valence-corrected chi connectivity index (χ2v) is 8.51. The molecule has 0 atom stereocenters. The van der Waals surface area contributed by atoms with Gasteiger partial charge in [-0.05, 0) is 35.9 Å². The van der Waals surface area contributed by atoms with Gasteiger partial charge in [-0.2, -0.15) is 0 Å². The smallest absolute Gasteiger partial charge is 0.150 e. The van der Waals surface area contributed by atoms with Crippen molar-refractivity contribution in [3.63, 3.8) is 0 Å². The molecule has 0 aliphatic carbocycles. The lowest BCUT2D eigenvalue weighted by Crippen LogP contribution is -2.38. The van der Waals surface area contributed by atoms with Crippen LogP contribution in [0.4, 0.5) is 4.39 Å². The number of nitrogens with zero attached hydrogens (tertiary/aromatic N) is 4. The molecule has 0 spiro atoms. The minimum atomic E-state index is -0.376. The summed E-state index contributed by atoms with van der Waals surface area (Å²) in [5.41, 5.74) is 4.35. The Hall–Kier alpha value is -3.88. The van der Waals surface area contributed by atoms with Crippen molar-refractivity contribution in [3.8, 4) is 28.1 Å². The summed E-state index contributed by atoms with van der Waals surface area (Å²) < 4.78 is 26.5. The average molecular weight is 470 g/mol. The van der Waals surface area contributed by atoms with Gasteiger partial charge in [0.1, 0.15) is 23.8 Å². The molecule has 1 N–H and O–H groups in total. The number of aromatic nitrogens is 4. The number of fused-ring (bicyclic) bond motifs is 3. The van der Waals surface area contributed by atoms with E-state index in [4.69, 9.17) is 9.47 Å². The van der Waals surface area contributed by atoms with Crippen molar-refractivity contribution in [1.29, 1.82) is 0 Å². The summed E-state index contributed by atoms with van der Waals surface area (Å²) in [6.45, 7) is 4.86. The second-order valence-electron chi connectivity index (χ2n) is 8.51. The van der Waals surface area contributed by atoms with Crippen molar-refractivity contribution in [2.45, 2.75) is 0 Å². The summed E-state index contributed by atoms with van der Waals surface area (Å²) in [6.07, 6.45) is 6.50. The number of H-pyrrole nitrogens is 1. The van der Waals surface area contributed by atoms with Crippen molar-refractivity contribution in [3.05, 3.63) is 73.1 Å². The molecule has 0 saturated carbocycles. The van der Waals surface area contributed by atoms with Crippen molar-refractivity contribution < 1.29 is 13.9 Å². The molecule has 0 amide bonds. The molecule has 0 unspecified atom stereocenters. The predicted molar refractivity (Wildman–Crippen MR) is 133 cm³/mol. The number of rotatable bonds is 6. The van der Waals surface area contributed by atoms with Crippen molar-refractivity contribution in [2.75, 3.05) is 39.5 Å². The van der Waals surface area contributed by atoms with Gasteiger partial charge in [-0.3, -0.25) is 14.9 Å². The van der Waals surface area contributed by atoms with E-state index >= 15 is 4.39 Å². The van der Waals surface area contributed by atoms with E-state index in [0.29, 0.717) is 17.8 Å². The summed E-state index contributed by atoms with van der Waals surface area (Å²) in [7, 11) is 0. The van der Waals surface area contributed by atoms with Gasteiger partial charge in [0.05, 0.1) is 36.8 Å². The van der Waals surface area contributed by atoms with Gasteiger partial charge in [-0.25, -0.2) is 9.37 Å². The highest BCUT2D eigenvalue weighted by Crippen LogP contribution is 2.37. The molecule has 1 aromatic carbocycles. The zero-order chi connectivity index (χ0) is 23.6. The third kappa shape index (κ3) is 4.34. The standard InChI is InChI=1S/C27H24FN5O2/c28-22-16-31-27-26(21-14-23(30-17-24(21)32-27)19-2-1-7-29-15-19)25(22)18-3-5-20(6-4-18)35-13-10-33-8-11-34-12-9-33/h1-7,14-17H,8-13H2,(H,31,32). The Balaban J connectivity index is 1.32. The molecule has 35 heavy (non-hydrogen) atoms. The first kappa shape index (κ1) is 21.6. The van der Waals surface area contributed by atoms with E-state index in [-0.39, 0.29) is 5.82 Å². The van der Waals surface area contributed by atoms with Crippen LogP contribution < -0.4 is 4.74 Å². The maximum atomic E-state index is 15.2. The fourth-order valence-corrected chi connectivity index (χ4v) is 4.52. The van der Waals surface area contributed by atoms with Crippen LogP contribution in [0, 0.1) is 5.82 Å². The Bertz CT molecular complexity index is 1460. The van der Waals surface area contributed by atoms with Gasteiger partial charge in [-0.15, -0.1) is 0 Å². The van der Waals surface area contributed by atoms with Crippen LogP contribution in [0.2, 0.25) is 0 Å². The van der Waals surface area contributed by atoms with Crippen LogP contribution in [0.25, 0.3) is 44.3 Å². The highest BCUT2D eigenvalue weighted by Gasteiger charge is 2.17. The molecule has 7 nitrogen and oxygen atoms in total. The zero-order valence-corrected chi connectivity index (χ0v) is 19.1. The summed E-state index contributed by atoms with van der Waals surface area (Å²) in [5, 5.41) is 1.59. The fraction of sp³-hybridized carbons (Fsp3) is 0.222. The van der Waals surface area contributed by atoms with Gasteiger partial charge >= 0.3 is 0 Å². The van der Waals surface area contributed by atoms with Crippen LogP contribution in [0.1, 0.15) is 0 Å². The Morgan fingerprint density at radius 3 is 2.66 bits per heavy atom. The summed E-state index contributed by atoms with van der Waals surface area (Å²) in [4.78, 5) is 18.6. The lowest BCUT2D eigenvalue weighted by molar-refractivity contribution is 0.0322. The van der Waals surface area contributed by atoms with E-state index in [9.17, 15) is 0 Å². The monoisotopic (exact) mass is 469 g/mol. The molecule has 1 fully saturated rings. The van der Waals surface area contributed by atoms with E-state index in [1.807, 2.05) is 42.5 Å². The van der Waals surface area contributed by atoms with Gasteiger partial charge in [0.25, 0.3) is 0 Å². The highest BCUT2D eigenvalue weighted by molar-refractivity contribution is 6.13. The third-order valence-corrected chi connectivity index (χ3v) is 6.34. The topological polar surface area (TPSA) is 76.2 Å². The number of benzene rings is 1. The summed E-state index contributed by atoms with van der Waals surface area (Å²) in [5.74, 6) is 0.383. The Morgan fingerprint density at radius 1 is 1.00 bits per heavy atom. The molecule has 8 heteroatoms. The van der Waals surface area contributed by atoms with Crippen LogP contribution >= 0.6 is 0 Å². The molecule has 176 valence electrons. The van der Waals surface area contributed by atoms with Gasteiger partial charge in [0, 0.05) is 53.9 Å². The average Bonchev–Trinajstić information content (AvgIpc) is 3.28. The minimum Gasteiger partial charge on any atom is -0.492 e. The maximum Gasteiger partial charge on any atom is 0.150 e. The normalized spacial score (nSPS) is 14.5. The first-order valence-corrected chi connectivity index (χ1v) is 11.7. The van der Waals surface area contributed by atoms with Gasteiger partial charge in [0.15, 0.2) is 0 Å². The Morgan fingerprint density at radius 2 is 1.86 bits per heavy atom. The van der Waals surface area contributed by atoms with Crippen LogP contribution in [-0.4, -0.2) is 64.3 Å². The SMILES string of the molecule is Fc1cnc2[nH]c3cnc(-c4cccnc4)cc3c2c1-c1ccc(OCCN2CCOCC2)cc1. The van der Waals surface area contributed by atoms with E-state index in [1.165, 1.54) is 6.20 Å². The van der Waals surface area contributed by atoms with Crippen molar-refractivity contribution in [1.82, 2.24) is 24.8 Å². The molecule has 1 saturated heterocycles. The van der Waals surface area contributed by atoms with E-state index < -0.39 is 0 Å². The third-order valence-electron chi connectivity index (χ3n) is 6.34. The quantitative estimate of drug-likeness (QED) is 0.389. The van der Waals surface area contributed by atoms with Crippen molar-refractivity contribution >= 4 is 21.9 Å². The van der Waals surface area contributed by atoms with Crippen LogP contribution in [0.15, 0.2) is 67.3 Å². The molecular formula is C27H24FN5O2. The van der Waals surface area contributed by atoms with E-state index in [0.717, 1.165) is 71.7 Å². The molecule has 0 radical (unpaired) electrons. The first-order chi connectivity index (χ1) is 17.3. The van der Waals surface area contributed by atoms with Crippen molar-refractivity contribution in [2.24, 2.45) is 0 Å². The molecule has 1 aliphatic heterocycles. The first-order valence-electron chi connectivity index (χ1n) is 11.7. The number of morpholine rings is 1. The highest BCUT2D eigenvalue weighted by atomic mass is 19.1. The van der Waals surface area contributed by atoms with Crippen LogP contribution in [0.3, 0.4) is 0 Å². The molecule has 6 rings (SSSR count). The molecule has 5 aromatic rings. The number of aromatic amines is 1. The van der Waals surface area contributed by atoms with Crippen LogP contribution in [-0.2, 0) is 4.74 Å².